The van der Waals surface area contributed by atoms with Crippen LogP contribution in [0.4, 0.5) is 8.78 Å². The lowest BCUT2D eigenvalue weighted by Gasteiger charge is -2.07. The van der Waals surface area contributed by atoms with Crippen LogP contribution in [-0.2, 0) is 0 Å². The van der Waals surface area contributed by atoms with Gasteiger partial charge in [-0.25, -0.2) is 0 Å². The van der Waals surface area contributed by atoms with Crippen molar-refractivity contribution in [2.45, 2.75) is 11.8 Å². The van der Waals surface area contributed by atoms with Gasteiger partial charge in [-0.3, -0.25) is 4.79 Å². The molecule has 0 unspecified atom stereocenters. The van der Waals surface area contributed by atoms with Crippen molar-refractivity contribution in [3.8, 4) is 5.75 Å². The van der Waals surface area contributed by atoms with Gasteiger partial charge < -0.3 is 4.74 Å². The van der Waals surface area contributed by atoms with Crippen molar-refractivity contribution in [1.29, 1.82) is 0 Å². The van der Waals surface area contributed by atoms with Crippen LogP contribution in [-0.4, -0.2) is 17.2 Å². The first-order valence-corrected chi connectivity index (χ1v) is 5.09. The summed E-state index contributed by atoms with van der Waals surface area (Å²) in [6.07, 6.45) is 0. The number of Topliss-reactive ketones (excluding diaryl/α,β-unsaturated/α-hetero) is 1. The van der Waals surface area contributed by atoms with Crippen molar-refractivity contribution in [3.05, 3.63) is 29.8 Å². The van der Waals surface area contributed by atoms with Crippen LogP contribution in [0, 0.1) is 0 Å². The van der Waals surface area contributed by atoms with Crippen LogP contribution < -0.4 is 4.74 Å². The van der Waals surface area contributed by atoms with Crippen LogP contribution in [0.15, 0.2) is 24.3 Å². The lowest BCUT2D eigenvalue weighted by molar-refractivity contribution is 0.0592. The molecule has 0 aliphatic rings. The highest BCUT2D eigenvalue weighted by atomic mass is 79.9. The van der Waals surface area contributed by atoms with Gasteiger partial charge in [0.25, 0.3) is 0 Å². The standard InChI is InChI=1S/C10H9BrF2O2/c1-2-15-8-5-3-7(4-6-8)9(14)10(11,12)13/h3-6H,2H2,1H3. The van der Waals surface area contributed by atoms with E-state index in [1.165, 1.54) is 24.3 Å². The fraction of sp³-hybridized carbons (Fsp3) is 0.300. The van der Waals surface area contributed by atoms with E-state index >= 15 is 0 Å². The minimum absolute atomic E-state index is 0.0553. The summed E-state index contributed by atoms with van der Waals surface area (Å²) in [4.78, 5) is 7.58. The van der Waals surface area contributed by atoms with Gasteiger partial charge in [0.15, 0.2) is 0 Å². The maximum atomic E-state index is 12.6. The van der Waals surface area contributed by atoms with Crippen molar-refractivity contribution in [3.63, 3.8) is 0 Å². The van der Waals surface area contributed by atoms with Gasteiger partial charge in [-0.2, -0.15) is 8.78 Å². The second-order valence-electron chi connectivity index (χ2n) is 2.78. The van der Waals surface area contributed by atoms with Crippen LogP contribution in [0.25, 0.3) is 0 Å². The minimum atomic E-state index is -3.51. The summed E-state index contributed by atoms with van der Waals surface area (Å²) >= 11 is 2.02. The molecule has 1 rings (SSSR count). The molecule has 0 aliphatic heterocycles. The summed E-state index contributed by atoms with van der Waals surface area (Å²) in [7, 11) is 0. The van der Waals surface area contributed by atoms with E-state index in [1.807, 2.05) is 22.9 Å². The molecule has 1 aromatic carbocycles. The van der Waals surface area contributed by atoms with Crippen molar-refractivity contribution >= 4 is 21.7 Å². The van der Waals surface area contributed by atoms with Gasteiger partial charge in [0.05, 0.1) is 6.61 Å². The third-order valence-electron chi connectivity index (χ3n) is 1.68. The monoisotopic (exact) mass is 278 g/mol. The number of hydrogen-bond donors (Lipinski definition) is 0. The third-order valence-corrected chi connectivity index (χ3v) is 2.05. The number of ketones is 1. The van der Waals surface area contributed by atoms with Crippen molar-refractivity contribution in [2.75, 3.05) is 6.61 Å². The van der Waals surface area contributed by atoms with Gasteiger partial charge in [-0.05, 0) is 47.1 Å². The fourth-order valence-electron chi connectivity index (χ4n) is 1.03. The number of carbonyl (C=O) groups excluding carboxylic acids is 1. The highest BCUT2D eigenvalue weighted by Gasteiger charge is 2.35. The molecule has 0 saturated carbocycles. The maximum Gasteiger partial charge on any atom is 0.363 e. The second-order valence-corrected chi connectivity index (χ2v) is 3.78. The molecule has 2 nitrogen and oxygen atoms in total. The first kappa shape index (κ1) is 12.1. The van der Waals surface area contributed by atoms with Gasteiger partial charge in [0.2, 0.25) is 5.78 Å². The molecule has 0 aromatic heterocycles. The Morgan fingerprint density at radius 2 is 1.93 bits per heavy atom. The highest BCUT2D eigenvalue weighted by molar-refractivity contribution is 9.10. The number of carbonyl (C=O) groups is 1. The molecule has 0 aliphatic carbocycles. The number of alkyl halides is 3. The van der Waals surface area contributed by atoms with Crippen molar-refractivity contribution < 1.29 is 18.3 Å². The van der Waals surface area contributed by atoms with E-state index in [2.05, 4.69) is 0 Å². The summed E-state index contributed by atoms with van der Waals surface area (Å²) < 4.78 is 30.3. The lowest BCUT2D eigenvalue weighted by atomic mass is 10.1. The lowest BCUT2D eigenvalue weighted by Crippen LogP contribution is -2.20. The molecule has 0 N–H and O–H groups in total. The third kappa shape index (κ3) is 3.27. The molecule has 0 spiro atoms. The average molecular weight is 279 g/mol. The summed E-state index contributed by atoms with van der Waals surface area (Å²) in [5, 5.41) is 0. The minimum Gasteiger partial charge on any atom is -0.494 e. The van der Waals surface area contributed by atoms with E-state index in [0.717, 1.165) is 0 Å². The molecular formula is C10H9BrF2O2. The molecule has 0 amide bonds. The van der Waals surface area contributed by atoms with Gasteiger partial charge in [-0.1, -0.05) is 0 Å². The molecule has 82 valence electrons. The second kappa shape index (κ2) is 4.70. The van der Waals surface area contributed by atoms with E-state index < -0.39 is 10.6 Å². The van der Waals surface area contributed by atoms with Crippen LogP contribution >= 0.6 is 15.9 Å². The predicted octanol–water partition coefficient (Wildman–Crippen LogP) is 3.26. The Hall–Kier alpha value is -0.970. The van der Waals surface area contributed by atoms with E-state index in [9.17, 15) is 13.6 Å². The van der Waals surface area contributed by atoms with E-state index in [1.54, 1.807) is 0 Å². The van der Waals surface area contributed by atoms with Crippen LogP contribution in [0.3, 0.4) is 0 Å². The Labute approximate surface area is 94.4 Å². The zero-order valence-electron chi connectivity index (χ0n) is 7.97. The van der Waals surface area contributed by atoms with Gasteiger partial charge in [0.1, 0.15) is 5.75 Å². The largest absolute Gasteiger partial charge is 0.494 e. The first-order valence-electron chi connectivity index (χ1n) is 4.29. The van der Waals surface area contributed by atoms with Crippen LogP contribution in [0.5, 0.6) is 5.75 Å². The highest BCUT2D eigenvalue weighted by Crippen LogP contribution is 2.27. The van der Waals surface area contributed by atoms with Crippen LogP contribution in [0.1, 0.15) is 17.3 Å². The van der Waals surface area contributed by atoms with E-state index in [-0.39, 0.29) is 5.56 Å². The Bertz CT molecular complexity index is 343. The summed E-state index contributed by atoms with van der Waals surface area (Å²) in [6.45, 7) is 2.30. The van der Waals surface area contributed by atoms with E-state index in [0.29, 0.717) is 12.4 Å². The molecule has 0 saturated heterocycles. The maximum absolute atomic E-state index is 12.6. The molecule has 5 heteroatoms. The molecule has 0 radical (unpaired) electrons. The first-order chi connectivity index (χ1) is 6.95. The SMILES string of the molecule is CCOc1ccc(C(=O)C(F)(F)Br)cc1. The average Bonchev–Trinajstić information content (AvgIpc) is 2.17. The number of ether oxygens (including phenoxy) is 1. The molecule has 0 fully saturated rings. The molecule has 1 aromatic rings. The number of rotatable bonds is 4. The Balaban J connectivity index is 2.85. The number of benzene rings is 1. The Kier molecular flexibility index (Phi) is 3.79. The Morgan fingerprint density at radius 1 is 1.40 bits per heavy atom. The molecule has 0 atom stereocenters. The summed E-state index contributed by atoms with van der Waals surface area (Å²) in [6, 6.07) is 5.58. The summed E-state index contributed by atoms with van der Waals surface area (Å²) in [5.74, 6) is -0.711. The molecule has 0 heterocycles. The zero-order valence-corrected chi connectivity index (χ0v) is 9.55. The van der Waals surface area contributed by atoms with Gasteiger partial charge in [0, 0.05) is 5.56 Å². The number of hydrogen-bond acceptors (Lipinski definition) is 2. The van der Waals surface area contributed by atoms with Gasteiger partial charge in [-0.15, -0.1) is 0 Å². The molecular weight excluding hydrogens is 270 g/mol. The van der Waals surface area contributed by atoms with Gasteiger partial charge >= 0.3 is 4.83 Å². The topological polar surface area (TPSA) is 26.3 Å². The number of halogens is 3. The van der Waals surface area contributed by atoms with Crippen molar-refractivity contribution in [2.24, 2.45) is 0 Å². The van der Waals surface area contributed by atoms with Crippen molar-refractivity contribution in [1.82, 2.24) is 0 Å². The summed E-state index contributed by atoms with van der Waals surface area (Å²) in [5.41, 5.74) is -0.0553. The molecule has 15 heavy (non-hydrogen) atoms. The smallest absolute Gasteiger partial charge is 0.363 e. The fourth-order valence-corrected chi connectivity index (χ4v) is 1.26. The normalized spacial score (nSPS) is 11.2. The van der Waals surface area contributed by atoms with E-state index in [4.69, 9.17) is 4.74 Å². The van der Waals surface area contributed by atoms with Crippen LogP contribution in [0.2, 0.25) is 0 Å². The Morgan fingerprint density at radius 3 is 2.33 bits per heavy atom. The quantitative estimate of drug-likeness (QED) is 0.624. The zero-order chi connectivity index (χ0) is 11.5. The molecule has 0 bridgehead atoms. The predicted molar refractivity (Wildman–Crippen MR) is 55.8 cm³/mol.